The van der Waals surface area contributed by atoms with Gasteiger partial charge < -0.3 is 8.85 Å². The summed E-state index contributed by atoms with van der Waals surface area (Å²) >= 11 is 0. The van der Waals surface area contributed by atoms with Crippen molar-refractivity contribution in [3.8, 4) is 0 Å². The lowest BCUT2D eigenvalue weighted by Crippen LogP contribution is -2.28. The fourth-order valence-electron chi connectivity index (χ4n) is 1.74. The van der Waals surface area contributed by atoms with E-state index in [1.54, 1.807) is 0 Å². The topological polar surface area (TPSA) is 30.8 Å². The predicted octanol–water partition coefficient (Wildman–Crippen LogP) is 3.32. The van der Waals surface area contributed by atoms with Crippen molar-refractivity contribution in [1.82, 2.24) is 0 Å². The van der Waals surface area contributed by atoms with E-state index in [1.165, 1.54) is 12.1 Å². The lowest BCUT2D eigenvalue weighted by molar-refractivity contribution is 0.204. The van der Waals surface area contributed by atoms with Gasteiger partial charge in [0, 0.05) is 25.5 Å². The number of hydrogen-bond donors (Lipinski definition) is 0. The third-order valence-electron chi connectivity index (χ3n) is 2.70. The van der Waals surface area contributed by atoms with Gasteiger partial charge in [0.05, 0.1) is 0 Å². The van der Waals surface area contributed by atoms with Crippen LogP contribution >= 0.6 is 0 Å². The molecular weight excluding hydrogens is 230 g/mol. The van der Waals surface area contributed by atoms with Crippen LogP contribution in [0.5, 0.6) is 0 Å². The monoisotopic (exact) mass is 259 g/mol. The van der Waals surface area contributed by atoms with Gasteiger partial charge in [0.25, 0.3) is 0 Å². The molecule has 4 heteroatoms. The van der Waals surface area contributed by atoms with E-state index >= 15 is 0 Å². The Balaban J connectivity index is 3.95. The minimum absolute atomic E-state index is 0.535. The van der Waals surface area contributed by atoms with Crippen molar-refractivity contribution >= 4 is 15.0 Å². The van der Waals surface area contributed by atoms with Gasteiger partial charge in [-0.2, -0.15) is 0 Å². The molecule has 0 bridgehead atoms. The molecule has 1 unspecified atom stereocenters. The second-order valence-electron chi connectivity index (χ2n) is 4.41. The zero-order valence-corrected chi connectivity index (χ0v) is 13.3. The molecule has 0 radical (unpaired) electrons. The van der Waals surface area contributed by atoms with Crippen molar-refractivity contribution < 1.29 is 8.85 Å². The summed E-state index contributed by atoms with van der Waals surface area (Å²) < 4.78 is 11.4. The summed E-state index contributed by atoms with van der Waals surface area (Å²) in [4.78, 5) is 4.58. The van der Waals surface area contributed by atoms with Crippen LogP contribution in [0.25, 0.3) is 0 Å². The van der Waals surface area contributed by atoms with Crippen LogP contribution in [0.3, 0.4) is 0 Å². The third-order valence-corrected chi connectivity index (χ3v) is 5.29. The molecular formula is C13H29NO2Si. The molecule has 0 N–H and O–H groups in total. The first kappa shape index (κ1) is 16.8. The van der Waals surface area contributed by atoms with Crippen molar-refractivity contribution in [2.75, 3.05) is 19.8 Å². The van der Waals surface area contributed by atoms with Gasteiger partial charge in [-0.1, -0.05) is 20.3 Å². The zero-order valence-electron chi connectivity index (χ0n) is 12.2. The number of hydrogen-bond acceptors (Lipinski definition) is 3. The molecule has 0 fully saturated rings. The van der Waals surface area contributed by atoms with Crippen LogP contribution in [-0.2, 0) is 8.85 Å². The summed E-state index contributed by atoms with van der Waals surface area (Å²) in [5.41, 5.74) is 1.80. The van der Waals surface area contributed by atoms with Crippen LogP contribution < -0.4 is 0 Å². The summed E-state index contributed by atoms with van der Waals surface area (Å²) in [6.07, 6.45) is 3.38. The van der Waals surface area contributed by atoms with Crippen LogP contribution in [0.15, 0.2) is 4.99 Å². The highest BCUT2D eigenvalue weighted by Crippen LogP contribution is 2.16. The first-order valence-corrected chi connectivity index (χ1v) is 8.49. The van der Waals surface area contributed by atoms with E-state index in [9.17, 15) is 0 Å². The molecule has 0 aromatic heterocycles. The number of nitrogens with zero attached hydrogens (tertiary/aromatic N) is 1. The van der Waals surface area contributed by atoms with Crippen LogP contribution in [0.1, 0.15) is 53.9 Å². The van der Waals surface area contributed by atoms with Gasteiger partial charge in [-0.05, 0) is 39.2 Å². The van der Waals surface area contributed by atoms with E-state index in [0.717, 1.165) is 32.6 Å². The second kappa shape index (κ2) is 10.9. The quantitative estimate of drug-likeness (QED) is 0.445. The van der Waals surface area contributed by atoms with Crippen LogP contribution in [0.4, 0.5) is 0 Å². The first-order valence-electron chi connectivity index (χ1n) is 6.88. The molecule has 0 heterocycles. The molecule has 0 aliphatic heterocycles. The summed E-state index contributed by atoms with van der Waals surface area (Å²) in [5, 5.41) is 0. The van der Waals surface area contributed by atoms with Gasteiger partial charge in [0.2, 0.25) is 0 Å². The van der Waals surface area contributed by atoms with Crippen molar-refractivity contribution in [2.45, 2.75) is 59.4 Å². The van der Waals surface area contributed by atoms with E-state index in [2.05, 4.69) is 25.8 Å². The molecule has 0 aliphatic rings. The average Bonchev–Trinajstić information content (AvgIpc) is 2.29. The minimum atomic E-state index is -1.48. The first-order chi connectivity index (χ1) is 8.15. The highest BCUT2D eigenvalue weighted by molar-refractivity contribution is 6.46. The smallest absolute Gasteiger partial charge is 0.324 e. The fourth-order valence-corrected chi connectivity index (χ4v) is 3.57. The molecule has 17 heavy (non-hydrogen) atoms. The molecule has 0 amide bonds. The van der Waals surface area contributed by atoms with Gasteiger partial charge in [-0.3, -0.25) is 4.99 Å². The Morgan fingerprint density at radius 1 is 1.18 bits per heavy atom. The Morgan fingerprint density at radius 2 is 1.76 bits per heavy atom. The van der Waals surface area contributed by atoms with Crippen molar-refractivity contribution in [1.29, 1.82) is 0 Å². The van der Waals surface area contributed by atoms with E-state index in [4.69, 9.17) is 8.85 Å². The van der Waals surface area contributed by atoms with Gasteiger partial charge in [0.1, 0.15) is 0 Å². The number of aliphatic imine (C=N–C) groups is 1. The SMILES string of the molecule is CCCC(C)=NCCC(C)[SiH](OCC)OCC. The maximum Gasteiger partial charge on any atom is 0.324 e. The van der Waals surface area contributed by atoms with Gasteiger partial charge in [0.15, 0.2) is 0 Å². The second-order valence-corrected chi connectivity index (χ2v) is 6.95. The van der Waals surface area contributed by atoms with Crippen molar-refractivity contribution in [3.63, 3.8) is 0 Å². The summed E-state index contributed by atoms with van der Waals surface area (Å²) in [5.74, 6) is 0. The maximum absolute atomic E-state index is 5.72. The molecule has 0 spiro atoms. The third kappa shape index (κ3) is 8.52. The van der Waals surface area contributed by atoms with Gasteiger partial charge >= 0.3 is 9.28 Å². The van der Waals surface area contributed by atoms with Crippen molar-refractivity contribution in [3.05, 3.63) is 0 Å². The van der Waals surface area contributed by atoms with E-state index in [0.29, 0.717) is 5.54 Å². The molecule has 0 rings (SSSR count). The Bertz CT molecular complexity index is 204. The van der Waals surface area contributed by atoms with E-state index in [1.807, 2.05) is 13.8 Å². The molecule has 0 saturated heterocycles. The summed E-state index contributed by atoms with van der Waals surface area (Å²) in [6.45, 7) is 13.1. The summed E-state index contributed by atoms with van der Waals surface area (Å²) in [6, 6.07) is 0. The molecule has 0 aromatic rings. The Kier molecular flexibility index (Phi) is 10.8. The van der Waals surface area contributed by atoms with E-state index < -0.39 is 9.28 Å². The molecule has 3 nitrogen and oxygen atoms in total. The largest absolute Gasteiger partial charge is 0.397 e. The van der Waals surface area contributed by atoms with Crippen LogP contribution in [-0.4, -0.2) is 34.8 Å². The van der Waals surface area contributed by atoms with E-state index in [-0.39, 0.29) is 0 Å². The Morgan fingerprint density at radius 3 is 2.24 bits per heavy atom. The maximum atomic E-state index is 5.72. The molecule has 0 saturated carbocycles. The van der Waals surface area contributed by atoms with Crippen molar-refractivity contribution in [2.24, 2.45) is 4.99 Å². The Hall–Kier alpha value is -0.193. The molecule has 0 aliphatic carbocycles. The number of rotatable bonds is 10. The van der Waals surface area contributed by atoms with Gasteiger partial charge in [-0.15, -0.1) is 0 Å². The lowest BCUT2D eigenvalue weighted by atomic mass is 10.2. The van der Waals surface area contributed by atoms with Gasteiger partial charge in [-0.25, -0.2) is 0 Å². The predicted molar refractivity (Wildman–Crippen MR) is 77.3 cm³/mol. The molecule has 0 aromatic carbocycles. The van der Waals surface area contributed by atoms with Crippen LogP contribution in [0, 0.1) is 0 Å². The summed E-state index contributed by atoms with van der Waals surface area (Å²) in [7, 11) is -1.48. The normalized spacial score (nSPS) is 14.4. The molecule has 102 valence electrons. The molecule has 1 atom stereocenters. The standard InChI is InChI=1S/C13H29NO2Si/c1-6-9-12(4)14-11-10-13(5)17(15-7-2)16-8-3/h13,17H,6-11H2,1-5H3. The van der Waals surface area contributed by atoms with Crippen LogP contribution in [0.2, 0.25) is 5.54 Å². The average molecular weight is 259 g/mol. The highest BCUT2D eigenvalue weighted by atomic mass is 28.3. The lowest BCUT2D eigenvalue weighted by Gasteiger charge is -2.20. The zero-order chi connectivity index (χ0) is 13.1. The minimum Gasteiger partial charge on any atom is -0.397 e. The fraction of sp³-hybridized carbons (Fsp3) is 0.923. The Labute approximate surface area is 108 Å². The highest BCUT2D eigenvalue weighted by Gasteiger charge is 2.20.